The van der Waals surface area contributed by atoms with Gasteiger partial charge in [-0.2, -0.15) is 0 Å². The van der Waals surface area contributed by atoms with Crippen molar-refractivity contribution in [3.05, 3.63) is 11.6 Å². The lowest BCUT2D eigenvalue weighted by Crippen LogP contribution is -2.31. The van der Waals surface area contributed by atoms with Gasteiger partial charge in [-0.3, -0.25) is 4.57 Å². The van der Waals surface area contributed by atoms with Crippen LogP contribution in [-0.2, 0) is 11.2 Å². The highest BCUT2D eigenvalue weighted by Gasteiger charge is 2.29. The predicted octanol–water partition coefficient (Wildman–Crippen LogP) is 0.792. The number of hydrogen-bond donors (Lipinski definition) is 2. The lowest BCUT2D eigenvalue weighted by molar-refractivity contribution is -0.144. The van der Waals surface area contributed by atoms with E-state index in [1.54, 1.807) is 6.92 Å². The normalized spacial score (nSPS) is 14.9. The fourth-order valence-electron chi connectivity index (χ4n) is 1.81. The molecule has 0 aliphatic carbocycles. The summed E-state index contributed by atoms with van der Waals surface area (Å²) in [7, 11) is 0. The largest absolute Gasteiger partial charge is 0.480 e. The summed E-state index contributed by atoms with van der Waals surface area (Å²) in [6.07, 6.45) is -0.356. The SMILES string of the molecule is Cc1nnc(CC(C)C)n1C(C(=O)O)C(C)O. The number of rotatable bonds is 5. The minimum Gasteiger partial charge on any atom is -0.480 e. The van der Waals surface area contributed by atoms with Gasteiger partial charge >= 0.3 is 5.97 Å². The summed E-state index contributed by atoms with van der Waals surface area (Å²) >= 11 is 0. The third-order valence-electron chi connectivity index (χ3n) is 2.52. The molecule has 0 spiro atoms. The van der Waals surface area contributed by atoms with E-state index in [0.29, 0.717) is 24.0 Å². The fraction of sp³-hybridized carbons (Fsp3) is 0.727. The summed E-state index contributed by atoms with van der Waals surface area (Å²) in [6.45, 7) is 7.19. The summed E-state index contributed by atoms with van der Waals surface area (Å²) in [5, 5.41) is 26.6. The van der Waals surface area contributed by atoms with Crippen LogP contribution < -0.4 is 0 Å². The van der Waals surface area contributed by atoms with Crippen LogP contribution >= 0.6 is 0 Å². The molecule has 1 aromatic rings. The second-order valence-electron chi connectivity index (χ2n) is 4.66. The molecule has 0 aromatic carbocycles. The second kappa shape index (κ2) is 5.27. The molecular formula is C11H19N3O3. The van der Waals surface area contributed by atoms with Gasteiger partial charge in [-0.05, 0) is 19.8 Å². The van der Waals surface area contributed by atoms with Gasteiger partial charge in [-0.25, -0.2) is 4.79 Å². The summed E-state index contributed by atoms with van der Waals surface area (Å²) in [4.78, 5) is 11.2. The molecule has 6 heteroatoms. The first-order valence-electron chi connectivity index (χ1n) is 5.65. The molecule has 2 unspecified atom stereocenters. The van der Waals surface area contributed by atoms with E-state index in [-0.39, 0.29) is 0 Å². The third kappa shape index (κ3) is 3.03. The van der Waals surface area contributed by atoms with Crippen LogP contribution in [0.2, 0.25) is 0 Å². The Bertz CT molecular complexity index is 399. The highest BCUT2D eigenvalue weighted by atomic mass is 16.4. The number of carbonyl (C=O) groups is 1. The van der Waals surface area contributed by atoms with Gasteiger partial charge in [0.05, 0.1) is 6.10 Å². The van der Waals surface area contributed by atoms with Crippen LogP contribution in [0.15, 0.2) is 0 Å². The summed E-state index contributed by atoms with van der Waals surface area (Å²) in [5.74, 6) is 0.383. The predicted molar refractivity (Wildman–Crippen MR) is 61.7 cm³/mol. The van der Waals surface area contributed by atoms with E-state index in [9.17, 15) is 9.90 Å². The zero-order valence-corrected chi connectivity index (χ0v) is 10.6. The minimum absolute atomic E-state index is 0.348. The van der Waals surface area contributed by atoms with Crippen LogP contribution in [0, 0.1) is 12.8 Å². The average Bonchev–Trinajstić information content (AvgIpc) is 2.48. The van der Waals surface area contributed by atoms with Crippen molar-refractivity contribution in [1.29, 1.82) is 0 Å². The number of aromatic nitrogens is 3. The van der Waals surface area contributed by atoms with E-state index in [1.807, 2.05) is 13.8 Å². The second-order valence-corrected chi connectivity index (χ2v) is 4.66. The van der Waals surface area contributed by atoms with Crippen molar-refractivity contribution in [2.45, 2.75) is 46.3 Å². The van der Waals surface area contributed by atoms with Crippen LogP contribution in [0.1, 0.15) is 38.5 Å². The molecule has 0 saturated carbocycles. The van der Waals surface area contributed by atoms with E-state index < -0.39 is 18.1 Å². The van der Waals surface area contributed by atoms with Gasteiger partial charge in [0.15, 0.2) is 6.04 Å². The molecule has 1 aromatic heterocycles. The Kier molecular flexibility index (Phi) is 4.22. The van der Waals surface area contributed by atoms with Crippen molar-refractivity contribution in [3.63, 3.8) is 0 Å². The maximum absolute atomic E-state index is 11.2. The number of aryl methyl sites for hydroxylation is 1. The number of nitrogens with zero attached hydrogens (tertiary/aromatic N) is 3. The molecule has 0 amide bonds. The van der Waals surface area contributed by atoms with Crippen LogP contribution in [0.25, 0.3) is 0 Å². The molecule has 0 aliphatic heterocycles. The Morgan fingerprint density at radius 2 is 1.94 bits per heavy atom. The highest BCUT2D eigenvalue weighted by molar-refractivity contribution is 5.72. The van der Waals surface area contributed by atoms with Crippen molar-refractivity contribution < 1.29 is 15.0 Å². The smallest absolute Gasteiger partial charge is 0.329 e. The lowest BCUT2D eigenvalue weighted by Gasteiger charge is -2.20. The highest BCUT2D eigenvalue weighted by Crippen LogP contribution is 2.18. The van der Waals surface area contributed by atoms with Crippen LogP contribution in [-0.4, -0.2) is 37.1 Å². The first-order valence-corrected chi connectivity index (χ1v) is 5.65. The van der Waals surface area contributed by atoms with Crippen molar-refractivity contribution in [3.8, 4) is 0 Å². The first kappa shape index (κ1) is 13.6. The molecule has 96 valence electrons. The summed E-state index contributed by atoms with van der Waals surface area (Å²) in [5.41, 5.74) is 0. The van der Waals surface area contributed by atoms with Gasteiger partial charge in [0.25, 0.3) is 0 Å². The van der Waals surface area contributed by atoms with E-state index in [2.05, 4.69) is 10.2 Å². The van der Waals surface area contributed by atoms with Gasteiger partial charge in [0.2, 0.25) is 0 Å². The minimum atomic E-state index is -1.08. The van der Waals surface area contributed by atoms with Crippen LogP contribution in [0.4, 0.5) is 0 Å². The molecule has 0 bridgehead atoms. The van der Waals surface area contributed by atoms with Gasteiger partial charge in [0, 0.05) is 6.42 Å². The Labute approximate surface area is 100 Å². The molecule has 2 N–H and O–H groups in total. The summed E-state index contributed by atoms with van der Waals surface area (Å²) in [6, 6.07) is -1.03. The Hall–Kier alpha value is -1.43. The van der Waals surface area contributed by atoms with Gasteiger partial charge in [0.1, 0.15) is 11.6 Å². The van der Waals surface area contributed by atoms with E-state index in [4.69, 9.17) is 5.11 Å². The van der Waals surface area contributed by atoms with Crippen molar-refractivity contribution in [2.24, 2.45) is 5.92 Å². The standard InChI is InChI=1S/C11H19N3O3/c1-6(2)5-9-13-12-8(4)14(9)10(7(3)15)11(16)17/h6-7,10,15H,5H2,1-4H3,(H,16,17). The first-order chi connectivity index (χ1) is 7.84. The number of aliphatic hydroxyl groups is 1. The molecule has 0 aliphatic rings. The Balaban J connectivity index is 3.17. The zero-order valence-electron chi connectivity index (χ0n) is 10.6. The van der Waals surface area contributed by atoms with Crippen LogP contribution in [0.3, 0.4) is 0 Å². The molecule has 6 nitrogen and oxygen atoms in total. The molecule has 0 saturated heterocycles. The molecule has 1 rings (SSSR count). The van der Waals surface area contributed by atoms with E-state index >= 15 is 0 Å². The molecule has 1 heterocycles. The number of hydrogen-bond acceptors (Lipinski definition) is 4. The third-order valence-corrected chi connectivity index (χ3v) is 2.52. The Morgan fingerprint density at radius 1 is 1.35 bits per heavy atom. The van der Waals surface area contributed by atoms with Gasteiger partial charge < -0.3 is 10.2 Å². The molecule has 17 heavy (non-hydrogen) atoms. The number of aliphatic hydroxyl groups excluding tert-OH is 1. The van der Waals surface area contributed by atoms with E-state index in [1.165, 1.54) is 11.5 Å². The van der Waals surface area contributed by atoms with Crippen molar-refractivity contribution in [1.82, 2.24) is 14.8 Å². The summed E-state index contributed by atoms with van der Waals surface area (Å²) < 4.78 is 1.51. The zero-order chi connectivity index (χ0) is 13.2. The molecule has 2 atom stereocenters. The number of aliphatic carboxylic acids is 1. The average molecular weight is 241 g/mol. The van der Waals surface area contributed by atoms with Crippen molar-refractivity contribution >= 4 is 5.97 Å². The maximum Gasteiger partial charge on any atom is 0.329 e. The maximum atomic E-state index is 11.2. The van der Waals surface area contributed by atoms with Gasteiger partial charge in [-0.15, -0.1) is 10.2 Å². The van der Waals surface area contributed by atoms with Crippen LogP contribution in [0.5, 0.6) is 0 Å². The number of carboxylic acid groups (broad SMARTS) is 1. The monoisotopic (exact) mass is 241 g/mol. The fourth-order valence-corrected chi connectivity index (χ4v) is 1.81. The van der Waals surface area contributed by atoms with Crippen molar-refractivity contribution in [2.75, 3.05) is 0 Å². The van der Waals surface area contributed by atoms with Gasteiger partial charge in [-0.1, -0.05) is 13.8 Å². The topological polar surface area (TPSA) is 88.2 Å². The van der Waals surface area contributed by atoms with E-state index in [0.717, 1.165) is 0 Å². The lowest BCUT2D eigenvalue weighted by atomic mass is 10.1. The number of carboxylic acids is 1. The molecule has 0 radical (unpaired) electrons. The molecular weight excluding hydrogens is 222 g/mol. The quantitative estimate of drug-likeness (QED) is 0.795. The Morgan fingerprint density at radius 3 is 2.35 bits per heavy atom. The molecule has 0 fully saturated rings.